The van der Waals surface area contributed by atoms with Crippen molar-refractivity contribution in [2.24, 2.45) is 28.6 Å². The third kappa shape index (κ3) is 2.55. The second kappa shape index (κ2) is 6.10. The number of allylic oxidation sites excluding steroid dienone is 3. The lowest BCUT2D eigenvalue weighted by Gasteiger charge is -2.57. The van der Waals surface area contributed by atoms with Gasteiger partial charge in [-0.1, -0.05) is 29.8 Å². The predicted octanol–water partition coefficient (Wildman–Crippen LogP) is 4.00. The molecule has 6 atom stereocenters. The summed E-state index contributed by atoms with van der Waals surface area (Å²) in [5, 5.41) is 2.60. The molecule has 3 saturated carbocycles. The number of carbonyl (C=O) groups is 3. The number of amides is 1. The molecule has 0 aromatic heterocycles. The zero-order chi connectivity index (χ0) is 19.7. The molecule has 0 unspecified atom stereocenters. The van der Waals surface area contributed by atoms with E-state index < -0.39 is 17.0 Å². The Bertz CT molecular complexity index is 818. The smallest absolute Gasteiger partial charge is 0.237 e. The van der Waals surface area contributed by atoms with Gasteiger partial charge in [0.15, 0.2) is 5.83 Å². The van der Waals surface area contributed by atoms with Gasteiger partial charge in [0.1, 0.15) is 5.78 Å². The maximum absolute atomic E-state index is 14.6. The number of carbonyl (C=O) groups excluding carboxylic acids is 3. The van der Waals surface area contributed by atoms with E-state index >= 15 is 0 Å². The number of rotatable bonds is 1. The summed E-state index contributed by atoms with van der Waals surface area (Å²) in [4.78, 5) is 36.5. The van der Waals surface area contributed by atoms with Crippen LogP contribution in [0.4, 0.5) is 4.39 Å². The van der Waals surface area contributed by atoms with Gasteiger partial charge in [0.2, 0.25) is 11.7 Å². The number of ketones is 2. The van der Waals surface area contributed by atoms with Crippen molar-refractivity contribution in [3.8, 4) is 0 Å². The summed E-state index contributed by atoms with van der Waals surface area (Å²) in [5.74, 6) is -0.777. The van der Waals surface area contributed by atoms with Crippen molar-refractivity contribution >= 4 is 33.4 Å². The first kappa shape index (κ1) is 19.0. The quantitative estimate of drug-likeness (QED) is 0.630. The van der Waals surface area contributed by atoms with Crippen molar-refractivity contribution in [1.29, 1.82) is 0 Å². The van der Waals surface area contributed by atoms with Crippen molar-refractivity contribution in [2.75, 3.05) is 0 Å². The fourth-order valence-corrected chi connectivity index (χ4v) is 7.66. The molecule has 1 amide bonds. The number of alkyl halides is 1. The number of halogens is 2. The number of hydrogen-bond donors (Lipinski definition) is 1. The largest absolute Gasteiger partial charge is 0.323 e. The Morgan fingerprint density at radius 2 is 1.96 bits per heavy atom. The fraction of sp³-hybridized carbons (Fsp3) is 0.667. The van der Waals surface area contributed by atoms with Gasteiger partial charge >= 0.3 is 0 Å². The molecule has 1 N–H and O–H groups in total. The molecule has 6 heteroatoms. The van der Waals surface area contributed by atoms with Crippen LogP contribution in [0.1, 0.15) is 52.9 Å². The predicted molar refractivity (Wildman–Crippen MR) is 103 cm³/mol. The summed E-state index contributed by atoms with van der Waals surface area (Å²) >= 11 is 3.74. The number of fused-ring (bicyclic) bond motifs is 5. The molecular formula is C21H25BrFNO3. The van der Waals surface area contributed by atoms with E-state index in [2.05, 4.69) is 28.2 Å². The van der Waals surface area contributed by atoms with Gasteiger partial charge < -0.3 is 5.32 Å². The highest BCUT2D eigenvalue weighted by Crippen LogP contribution is 2.65. The molecule has 4 aliphatic rings. The van der Waals surface area contributed by atoms with Crippen molar-refractivity contribution in [3.05, 3.63) is 23.2 Å². The van der Waals surface area contributed by atoms with E-state index in [4.69, 9.17) is 0 Å². The first-order valence-corrected chi connectivity index (χ1v) is 10.6. The van der Waals surface area contributed by atoms with Gasteiger partial charge in [0.05, 0.1) is 5.70 Å². The minimum absolute atomic E-state index is 0.0983. The summed E-state index contributed by atoms with van der Waals surface area (Å²) in [5.41, 5.74) is -0.0159. The second-order valence-corrected chi connectivity index (χ2v) is 10.2. The first-order valence-electron chi connectivity index (χ1n) is 9.72. The number of hydrogen-bond acceptors (Lipinski definition) is 3. The molecule has 0 aromatic rings. The molecule has 4 nitrogen and oxygen atoms in total. The van der Waals surface area contributed by atoms with Gasteiger partial charge in [-0.25, -0.2) is 4.39 Å². The summed E-state index contributed by atoms with van der Waals surface area (Å²) in [7, 11) is 0. The molecule has 27 heavy (non-hydrogen) atoms. The zero-order valence-corrected chi connectivity index (χ0v) is 17.5. The van der Waals surface area contributed by atoms with Gasteiger partial charge in [-0.2, -0.15) is 0 Å². The monoisotopic (exact) mass is 437 g/mol. The van der Waals surface area contributed by atoms with E-state index in [-0.39, 0.29) is 27.8 Å². The first-order chi connectivity index (χ1) is 12.6. The SMILES string of the molecule is CC(=O)NC1=C2[C@@H](Br)C[C@@H]3[C@H](CC[C@]4(C)C(=O)CC[C@@H]34)[C@@]2(C)C=C(F)C1=O. The molecule has 0 aliphatic heterocycles. The van der Waals surface area contributed by atoms with Crippen LogP contribution in [0.25, 0.3) is 0 Å². The summed E-state index contributed by atoms with van der Waals surface area (Å²) < 4.78 is 14.6. The topological polar surface area (TPSA) is 63.2 Å². The van der Waals surface area contributed by atoms with E-state index in [0.29, 0.717) is 24.0 Å². The highest BCUT2D eigenvalue weighted by atomic mass is 79.9. The average molecular weight is 438 g/mol. The van der Waals surface area contributed by atoms with Crippen molar-refractivity contribution in [3.63, 3.8) is 0 Å². The van der Waals surface area contributed by atoms with Crippen LogP contribution in [0.5, 0.6) is 0 Å². The molecule has 0 aromatic carbocycles. The molecule has 146 valence electrons. The minimum Gasteiger partial charge on any atom is -0.323 e. The maximum Gasteiger partial charge on any atom is 0.237 e. The Labute approximate surface area is 167 Å². The Morgan fingerprint density at radius 1 is 1.26 bits per heavy atom. The Balaban J connectivity index is 1.82. The number of nitrogens with one attached hydrogen (secondary N) is 1. The molecule has 4 rings (SSSR count). The van der Waals surface area contributed by atoms with Crippen LogP contribution in [-0.2, 0) is 14.4 Å². The second-order valence-electron chi connectivity index (χ2n) is 9.07. The van der Waals surface area contributed by atoms with Crippen LogP contribution in [0.15, 0.2) is 23.2 Å². The summed E-state index contributed by atoms with van der Waals surface area (Å²) in [6.45, 7) is 5.42. The van der Waals surface area contributed by atoms with Gasteiger partial charge in [-0.3, -0.25) is 14.4 Å². The Morgan fingerprint density at radius 3 is 2.63 bits per heavy atom. The van der Waals surface area contributed by atoms with Crippen LogP contribution in [0, 0.1) is 28.6 Å². The van der Waals surface area contributed by atoms with Crippen LogP contribution >= 0.6 is 15.9 Å². The van der Waals surface area contributed by atoms with Crippen LogP contribution in [0.2, 0.25) is 0 Å². The van der Waals surface area contributed by atoms with Crippen molar-refractivity contribution < 1.29 is 18.8 Å². The molecule has 3 fully saturated rings. The van der Waals surface area contributed by atoms with Gasteiger partial charge in [0.25, 0.3) is 0 Å². The lowest BCUT2D eigenvalue weighted by molar-refractivity contribution is -0.131. The minimum atomic E-state index is -0.791. The molecule has 0 saturated heterocycles. The van der Waals surface area contributed by atoms with Gasteiger partial charge in [-0.05, 0) is 55.1 Å². The molecule has 0 heterocycles. The summed E-state index contributed by atoms with van der Waals surface area (Å²) in [6.07, 6.45) is 5.45. The molecular weight excluding hydrogens is 413 g/mol. The third-order valence-corrected chi connectivity index (χ3v) is 8.56. The third-order valence-electron chi connectivity index (χ3n) is 7.73. The molecule has 0 bridgehead atoms. The lowest BCUT2D eigenvalue weighted by atomic mass is 9.48. The Hall–Kier alpha value is -1.30. The van der Waals surface area contributed by atoms with Crippen LogP contribution in [-0.4, -0.2) is 22.3 Å². The average Bonchev–Trinajstić information content (AvgIpc) is 2.87. The van der Waals surface area contributed by atoms with E-state index in [1.54, 1.807) is 0 Å². The van der Waals surface area contributed by atoms with E-state index in [0.717, 1.165) is 31.3 Å². The van der Waals surface area contributed by atoms with E-state index in [1.165, 1.54) is 13.0 Å². The maximum atomic E-state index is 14.6. The van der Waals surface area contributed by atoms with Crippen LogP contribution < -0.4 is 5.32 Å². The molecule has 0 radical (unpaired) electrons. The molecule has 4 aliphatic carbocycles. The summed E-state index contributed by atoms with van der Waals surface area (Å²) in [6, 6.07) is 0. The Kier molecular flexibility index (Phi) is 4.30. The van der Waals surface area contributed by atoms with Crippen molar-refractivity contribution in [1.82, 2.24) is 5.32 Å². The lowest BCUT2D eigenvalue weighted by Crippen LogP contribution is -2.53. The highest BCUT2D eigenvalue weighted by Gasteiger charge is 2.61. The van der Waals surface area contributed by atoms with Crippen LogP contribution in [0.3, 0.4) is 0 Å². The number of Topliss-reactive ketones (excluding diaryl/α,β-unsaturated/α-hetero) is 2. The van der Waals surface area contributed by atoms with E-state index in [1.807, 2.05) is 6.92 Å². The molecule has 0 spiro atoms. The fourth-order valence-electron chi connectivity index (χ4n) is 6.51. The van der Waals surface area contributed by atoms with E-state index in [9.17, 15) is 18.8 Å². The van der Waals surface area contributed by atoms with Crippen molar-refractivity contribution in [2.45, 2.75) is 57.7 Å². The standard InChI is InChI=1S/C21H25BrFNO3/c1-10(25)24-18-17-14(22)8-11-12-4-5-16(26)20(12,2)7-6-13(11)21(17,3)9-15(23)19(18)27/h9,11-14H,4-8H2,1-3H3,(H,24,25)/t11-,12-,13-,14-,20-,21+/m0/s1. The normalized spacial score (nSPS) is 43.7. The van der Waals surface area contributed by atoms with Gasteiger partial charge in [-0.15, -0.1) is 0 Å². The zero-order valence-electron chi connectivity index (χ0n) is 15.9. The highest BCUT2D eigenvalue weighted by molar-refractivity contribution is 9.09. The van der Waals surface area contributed by atoms with Gasteiger partial charge in [0, 0.05) is 29.0 Å².